The van der Waals surface area contributed by atoms with E-state index in [9.17, 15) is 27.5 Å². The monoisotopic (exact) mass is 502 g/mol. The molecule has 4 rings (SSSR count). The Labute approximate surface area is 206 Å². The van der Waals surface area contributed by atoms with Gasteiger partial charge < -0.3 is 14.6 Å². The van der Waals surface area contributed by atoms with Crippen LogP contribution < -0.4 is 9.47 Å². The highest BCUT2D eigenvalue weighted by Gasteiger charge is 2.27. The van der Waals surface area contributed by atoms with Crippen LogP contribution in [-0.2, 0) is 0 Å². The van der Waals surface area contributed by atoms with Crippen molar-refractivity contribution in [1.82, 2.24) is 0 Å². The molecule has 3 aromatic rings. The number of halogens is 4. The number of carbonyl (C=O) groups excluding carboxylic acids is 1. The fourth-order valence-electron chi connectivity index (χ4n) is 4.56. The van der Waals surface area contributed by atoms with Gasteiger partial charge in [0.2, 0.25) is 11.6 Å². The fourth-order valence-corrected chi connectivity index (χ4v) is 4.56. The molecular weight excluding hydrogens is 476 g/mol. The SMILES string of the molecule is CCOc1ccc(-c2ccc(C(=O)Oc3ccc(C4CCC(CO)CC4)c(F)c3F)cc2)c(F)c1F. The van der Waals surface area contributed by atoms with Crippen LogP contribution in [0.2, 0.25) is 0 Å². The normalized spacial score (nSPS) is 17.6. The number of carbonyl (C=O) groups is 1. The third-order valence-electron chi connectivity index (χ3n) is 6.60. The molecule has 1 aliphatic rings. The van der Waals surface area contributed by atoms with Crippen molar-refractivity contribution in [3.8, 4) is 22.6 Å². The Morgan fingerprint density at radius 2 is 1.47 bits per heavy atom. The first kappa shape index (κ1) is 25.7. The molecule has 1 aliphatic carbocycles. The van der Waals surface area contributed by atoms with E-state index < -0.39 is 35.0 Å². The minimum Gasteiger partial charge on any atom is -0.491 e. The predicted molar refractivity (Wildman–Crippen MR) is 126 cm³/mol. The zero-order valence-corrected chi connectivity index (χ0v) is 19.7. The second-order valence-electron chi connectivity index (χ2n) is 8.82. The number of hydrogen-bond donors (Lipinski definition) is 1. The molecule has 1 N–H and O–H groups in total. The van der Waals surface area contributed by atoms with Crippen LogP contribution in [-0.4, -0.2) is 24.3 Å². The van der Waals surface area contributed by atoms with Gasteiger partial charge in [-0.15, -0.1) is 0 Å². The van der Waals surface area contributed by atoms with Crippen LogP contribution >= 0.6 is 0 Å². The molecule has 4 nitrogen and oxygen atoms in total. The van der Waals surface area contributed by atoms with Gasteiger partial charge in [0, 0.05) is 12.2 Å². The topological polar surface area (TPSA) is 55.8 Å². The summed E-state index contributed by atoms with van der Waals surface area (Å²) < 4.78 is 68.3. The summed E-state index contributed by atoms with van der Waals surface area (Å²) in [6.07, 6.45) is 2.77. The van der Waals surface area contributed by atoms with Crippen molar-refractivity contribution in [3.63, 3.8) is 0 Å². The highest BCUT2D eigenvalue weighted by atomic mass is 19.2. The molecular formula is C28H26F4O4. The molecule has 0 atom stereocenters. The summed E-state index contributed by atoms with van der Waals surface area (Å²) in [5.41, 5.74) is 0.547. The first-order valence-electron chi connectivity index (χ1n) is 11.9. The van der Waals surface area contributed by atoms with E-state index in [0.717, 1.165) is 12.8 Å². The maximum absolute atomic E-state index is 14.8. The Hall–Kier alpha value is -3.39. The Morgan fingerprint density at radius 3 is 2.11 bits per heavy atom. The van der Waals surface area contributed by atoms with Crippen molar-refractivity contribution in [1.29, 1.82) is 0 Å². The summed E-state index contributed by atoms with van der Waals surface area (Å²) in [4.78, 5) is 12.5. The molecule has 1 fully saturated rings. The molecule has 36 heavy (non-hydrogen) atoms. The van der Waals surface area contributed by atoms with Crippen molar-refractivity contribution >= 4 is 5.97 Å². The lowest BCUT2D eigenvalue weighted by atomic mass is 9.79. The molecule has 0 aromatic heterocycles. The van der Waals surface area contributed by atoms with Crippen LogP contribution in [0.15, 0.2) is 48.5 Å². The third kappa shape index (κ3) is 5.23. The van der Waals surface area contributed by atoms with E-state index >= 15 is 0 Å². The largest absolute Gasteiger partial charge is 0.491 e. The lowest BCUT2D eigenvalue weighted by Crippen LogP contribution is -2.17. The van der Waals surface area contributed by atoms with Gasteiger partial charge in [0.05, 0.1) is 12.2 Å². The Morgan fingerprint density at radius 1 is 0.833 bits per heavy atom. The van der Waals surface area contributed by atoms with Crippen LogP contribution in [0.1, 0.15) is 54.4 Å². The Kier molecular flexibility index (Phi) is 7.94. The van der Waals surface area contributed by atoms with Crippen LogP contribution in [0.5, 0.6) is 11.5 Å². The lowest BCUT2D eigenvalue weighted by molar-refractivity contribution is 0.0726. The molecule has 0 bridgehead atoms. The minimum atomic E-state index is -1.24. The van der Waals surface area contributed by atoms with Gasteiger partial charge in [0.25, 0.3) is 0 Å². The molecule has 0 spiro atoms. The van der Waals surface area contributed by atoms with Crippen LogP contribution in [0.4, 0.5) is 17.6 Å². The number of rotatable bonds is 7. The maximum Gasteiger partial charge on any atom is 0.343 e. The average molecular weight is 503 g/mol. The zero-order chi connectivity index (χ0) is 25.8. The number of esters is 1. The van der Waals surface area contributed by atoms with Gasteiger partial charge >= 0.3 is 5.97 Å². The summed E-state index contributed by atoms with van der Waals surface area (Å²) in [5.74, 6) is -6.11. The molecule has 190 valence electrons. The van der Waals surface area contributed by atoms with Gasteiger partial charge in [-0.25, -0.2) is 13.6 Å². The highest BCUT2D eigenvalue weighted by Crippen LogP contribution is 2.38. The molecule has 0 heterocycles. The summed E-state index contributed by atoms with van der Waals surface area (Å²) in [5, 5.41) is 9.27. The van der Waals surface area contributed by atoms with Crippen molar-refractivity contribution in [2.75, 3.05) is 13.2 Å². The van der Waals surface area contributed by atoms with Crippen molar-refractivity contribution in [2.24, 2.45) is 5.92 Å². The fraction of sp³-hybridized carbons (Fsp3) is 0.321. The molecule has 1 saturated carbocycles. The van der Waals surface area contributed by atoms with Crippen molar-refractivity contribution in [2.45, 2.75) is 38.5 Å². The Balaban J connectivity index is 1.48. The van der Waals surface area contributed by atoms with Crippen LogP contribution in [0.3, 0.4) is 0 Å². The lowest BCUT2D eigenvalue weighted by Gasteiger charge is -2.28. The first-order valence-corrected chi connectivity index (χ1v) is 11.9. The number of aliphatic hydroxyl groups excluding tert-OH is 1. The molecule has 0 aliphatic heterocycles. The van der Waals surface area contributed by atoms with Gasteiger partial charge in [-0.05, 0) is 85.9 Å². The van der Waals surface area contributed by atoms with E-state index in [1.807, 2.05) is 0 Å². The third-order valence-corrected chi connectivity index (χ3v) is 6.60. The molecule has 0 saturated heterocycles. The maximum atomic E-state index is 14.8. The van der Waals surface area contributed by atoms with E-state index in [1.54, 1.807) is 6.92 Å². The first-order chi connectivity index (χ1) is 17.3. The minimum absolute atomic E-state index is 0.0207. The smallest absolute Gasteiger partial charge is 0.343 e. The molecule has 0 amide bonds. The van der Waals surface area contributed by atoms with Crippen LogP contribution in [0, 0.1) is 29.2 Å². The number of ether oxygens (including phenoxy) is 2. The van der Waals surface area contributed by atoms with E-state index in [0.29, 0.717) is 18.4 Å². The van der Waals surface area contributed by atoms with Gasteiger partial charge in [-0.1, -0.05) is 18.2 Å². The van der Waals surface area contributed by atoms with E-state index in [1.165, 1.54) is 48.5 Å². The molecule has 8 heteroatoms. The summed E-state index contributed by atoms with van der Waals surface area (Å²) in [7, 11) is 0. The second kappa shape index (κ2) is 11.1. The second-order valence-corrected chi connectivity index (χ2v) is 8.82. The van der Waals surface area contributed by atoms with Gasteiger partial charge in [0.1, 0.15) is 0 Å². The number of benzene rings is 3. The van der Waals surface area contributed by atoms with Gasteiger partial charge in [-0.2, -0.15) is 8.78 Å². The standard InChI is InChI=1S/C28H26F4O4/c1-2-35-22-13-11-20(24(29)26(22)31)18-7-9-19(10-8-18)28(34)36-23-14-12-21(25(30)27(23)32)17-5-3-16(15-33)4-6-17/h7-14,16-17,33H,2-6,15H2,1H3. The quantitative estimate of drug-likeness (QED) is 0.220. The molecule has 0 unspecified atom stereocenters. The number of hydrogen-bond acceptors (Lipinski definition) is 4. The van der Waals surface area contributed by atoms with E-state index in [4.69, 9.17) is 9.47 Å². The summed E-state index contributed by atoms with van der Waals surface area (Å²) in [6.45, 7) is 1.93. The molecule has 0 radical (unpaired) electrons. The summed E-state index contributed by atoms with van der Waals surface area (Å²) in [6, 6.07) is 10.8. The van der Waals surface area contributed by atoms with Gasteiger partial charge in [0.15, 0.2) is 23.1 Å². The number of aliphatic hydroxyl groups is 1. The Bertz CT molecular complexity index is 1240. The predicted octanol–water partition coefficient (Wildman–Crippen LogP) is 6.79. The summed E-state index contributed by atoms with van der Waals surface area (Å²) >= 11 is 0. The van der Waals surface area contributed by atoms with E-state index in [-0.39, 0.29) is 47.5 Å². The van der Waals surface area contributed by atoms with Gasteiger partial charge in [-0.3, -0.25) is 0 Å². The van der Waals surface area contributed by atoms with E-state index in [2.05, 4.69) is 0 Å². The average Bonchev–Trinajstić information content (AvgIpc) is 2.90. The zero-order valence-electron chi connectivity index (χ0n) is 19.7. The highest BCUT2D eigenvalue weighted by molar-refractivity contribution is 5.91. The van der Waals surface area contributed by atoms with Crippen molar-refractivity contribution < 1.29 is 36.9 Å². The molecule has 3 aromatic carbocycles. The van der Waals surface area contributed by atoms with Crippen LogP contribution in [0.25, 0.3) is 11.1 Å². The van der Waals surface area contributed by atoms with Crippen molar-refractivity contribution in [3.05, 3.63) is 82.9 Å².